The number of pyridine rings is 1. The van der Waals surface area contributed by atoms with Gasteiger partial charge in [0.15, 0.2) is 5.65 Å². The Hall–Kier alpha value is -3.00. The summed E-state index contributed by atoms with van der Waals surface area (Å²) in [6, 6.07) is 6.46. The standard InChI is InChI=1S/C14H13N7.C4H9N/c1-8-17-11-4-3-10(18-13(11)20(8)2)9-5-6-21-12(9)7-16-14(15)19-21;5-4-2-1-3-4/h3-7H,1-2H3,(H2,15,19);4H,1-3,5H2. The number of aromatic nitrogens is 6. The van der Waals surface area contributed by atoms with Gasteiger partial charge in [0, 0.05) is 24.8 Å². The zero-order chi connectivity index (χ0) is 18.3. The molecule has 0 atom stereocenters. The third-order valence-electron chi connectivity index (χ3n) is 4.80. The predicted octanol–water partition coefficient (Wildman–Crippen LogP) is 2.07. The summed E-state index contributed by atoms with van der Waals surface area (Å²) >= 11 is 0. The van der Waals surface area contributed by atoms with Crippen LogP contribution in [0.15, 0.2) is 30.6 Å². The van der Waals surface area contributed by atoms with Crippen molar-refractivity contribution in [1.82, 2.24) is 29.1 Å². The number of nitrogen functional groups attached to an aromatic ring is 1. The van der Waals surface area contributed by atoms with Gasteiger partial charge in [-0.2, -0.15) is 0 Å². The average Bonchev–Trinajstić information content (AvgIpc) is 3.14. The Morgan fingerprint density at radius 1 is 1.15 bits per heavy atom. The van der Waals surface area contributed by atoms with E-state index in [2.05, 4.69) is 15.1 Å². The van der Waals surface area contributed by atoms with Gasteiger partial charge in [-0.3, -0.25) is 0 Å². The van der Waals surface area contributed by atoms with Crippen LogP contribution < -0.4 is 11.5 Å². The fourth-order valence-corrected chi connectivity index (χ4v) is 2.90. The van der Waals surface area contributed by atoms with E-state index in [1.165, 1.54) is 19.3 Å². The van der Waals surface area contributed by atoms with Crippen molar-refractivity contribution in [3.8, 4) is 11.3 Å². The minimum atomic E-state index is 0.246. The van der Waals surface area contributed by atoms with Gasteiger partial charge in [0.1, 0.15) is 11.3 Å². The van der Waals surface area contributed by atoms with Crippen LogP contribution in [-0.4, -0.2) is 35.2 Å². The maximum atomic E-state index is 5.60. The zero-order valence-corrected chi connectivity index (χ0v) is 14.9. The van der Waals surface area contributed by atoms with E-state index in [1.807, 2.05) is 42.9 Å². The Balaban J connectivity index is 0.000000292. The molecule has 0 radical (unpaired) electrons. The molecule has 26 heavy (non-hydrogen) atoms. The van der Waals surface area contributed by atoms with E-state index in [4.69, 9.17) is 16.5 Å². The van der Waals surface area contributed by atoms with Gasteiger partial charge in [0.2, 0.25) is 5.95 Å². The highest BCUT2D eigenvalue weighted by Crippen LogP contribution is 2.25. The molecule has 1 saturated carbocycles. The first-order chi connectivity index (χ1) is 12.5. The molecule has 4 heterocycles. The van der Waals surface area contributed by atoms with Gasteiger partial charge >= 0.3 is 0 Å². The average molecular weight is 350 g/mol. The van der Waals surface area contributed by atoms with Crippen LogP contribution in [0.4, 0.5) is 5.95 Å². The van der Waals surface area contributed by atoms with E-state index in [0.29, 0.717) is 6.04 Å². The van der Waals surface area contributed by atoms with Gasteiger partial charge in [-0.25, -0.2) is 19.5 Å². The van der Waals surface area contributed by atoms with E-state index in [0.717, 1.165) is 33.8 Å². The number of hydrogen-bond donors (Lipinski definition) is 2. The topological polar surface area (TPSA) is 113 Å². The number of aryl methyl sites for hydroxylation is 2. The Morgan fingerprint density at radius 3 is 2.62 bits per heavy atom. The third-order valence-corrected chi connectivity index (χ3v) is 4.80. The van der Waals surface area contributed by atoms with Gasteiger partial charge in [0.05, 0.1) is 17.4 Å². The van der Waals surface area contributed by atoms with Crippen molar-refractivity contribution < 1.29 is 0 Å². The van der Waals surface area contributed by atoms with Crippen LogP contribution >= 0.6 is 0 Å². The van der Waals surface area contributed by atoms with Crippen LogP contribution in [-0.2, 0) is 7.05 Å². The summed E-state index contributed by atoms with van der Waals surface area (Å²) < 4.78 is 3.68. The number of hydrogen-bond acceptors (Lipinski definition) is 6. The molecule has 5 rings (SSSR count). The molecule has 0 bridgehead atoms. The molecule has 134 valence electrons. The first-order valence-electron chi connectivity index (χ1n) is 8.69. The zero-order valence-electron chi connectivity index (χ0n) is 14.9. The lowest BCUT2D eigenvalue weighted by Crippen LogP contribution is -2.27. The molecule has 1 aliphatic carbocycles. The van der Waals surface area contributed by atoms with Crippen molar-refractivity contribution >= 4 is 22.6 Å². The van der Waals surface area contributed by atoms with Crippen LogP contribution in [0.1, 0.15) is 25.1 Å². The predicted molar refractivity (Wildman–Crippen MR) is 101 cm³/mol. The van der Waals surface area contributed by atoms with Gasteiger partial charge in [-0.05, 0) is 38.0 Å². The quantitative estimate of drug-likeness (QED) is 0.543. The molecule has 8 nitrogen and oxygen atoms in total. The highest BCUT2D eigenvalue weighted by atomic mass is 15.3. The fourth-order valence-electron chi connectivity index (χ4n) is 2.90. The van der Waals surface area contributed by atoms with Crippen molar-refractivity contribution in [2.45, 2.75) is 32.2 Å². The van der Waals surface area contributed by atoms with Crippen molar-refractivity contribution in [3.05, 3.63) is 36.4 Å². The smallest absolute Gasteiger partial charge is 0.238 e. The SMILES string of the molecule is Cc1nc2ccc(-c3ccn4nc(N)ncc34)nc2n1C.NC1CCC1. The van der Waals surface area contributed by atoms with Crippen LogP contribution in [0.25, 0.3) is 27.9 Å². The van der Waals surface area contributed by atoms with Crippen molar-refractivity contribution in [1.29, 1.82) is 0 Å². The molecule has 4 aromatic heterocycles. The molecule has 0 saturated heterocycles. The van der Waals surface area contributed by atoms with Gasteiger partial charge in [-0.15, -0.1) is 5.10 Å². The van der Waals surface area contributed by atoms with Crippen LogP contribution in [0.3, 0.4) is 0 Å². The molecule has 0 aromatic carbocycles. The van der Waals surface area contributed by atoms with Crippen LogP contribution in [0.5, 0.6) is 0 Å². The normalized spacial score (nSPS) is 14.3. The summed E-state index contributed by atoms with van der Waals surface area (Å²) in [5.41, 5.74) is 15.4. The summed E-state index contributed by atoms with van der Waals surface area (Å²) in [7, 11) is 1.96. The first kappa shape index (κ1) is 16.5. The van der Waals surface area contributed by atoms with E-state index < -0.39 is 0 Å². The van der Waals surface area contributed by atoms with Crippen molar-refractivity contribution in [2.75, 3.05) is 5.73 Å². The summed E-state index contributed by atoms with van der Waals surface area (Å²) in [5.74, 6) is 1.18. The first-order valence-corrected chi connectivity index (χ1v) is 8.69. The highest BCUT2D eigenvalue weighted by molar-refractivity contribution is 5.82. The second-order valence-corrected chi connectivity index (χ2v) is 6.62. The molecule has 8 heteroatoms. The number of rotatable bonds is 1. The number of nitrogens with zero attached hydrogens (tertiary/aromatic N) is 6. The molecular weight excluding hydrogens is 328 g/mol. The fraction of sp³-hybridized carbons (Fsp3) is 0.333. The molecule has 0 spiro atoms. The molecule has 1 aliphatic rings. The molecule has 0 unspecified atom stereocenters. The molecular formula is C18H22N8. The van der Waals surface area contributed by atoms with Gasteiger partial charge < -0.3 is 16.0 Å². The highest BCUT2D eigenvalue weighted by Gasteiger charge is 2.12. The van der Waals surface area contributed by atoms with E-state index in [1.54, 1.807) is 10.7 Å². The van der Waals surface area contributed by atoms with E-state index in [-0.39, 0.29) is 5.95 Å². The molecule has 4 aromatic rings. The molecule has 0 aliphatic heterocycles. The third kappa shape index (κ3) is 2.88. The summed E-state index contributed by atoms with van der Waals surface area (Å²) in [6.07, 6.45) is 7.45. The van der Waals surface area contributed by atoms with Gasteiger partial charge in [-0.1, -0.05) is 6.42 Å². The Morgan fingerprint density at radius 2 is 1.92 bits per heavy atom. The lowest BCUT2D eigenvalue weighted by atomic mass is 9.95. The minimum absolute atomic E-state index is 0.246. The Bertz CT molecular complexity index is 1070. The maximum Gasteiger partial charge on any atom is 0.238 e. The van der Waals surface area contributed by atoms with Crippen LogP contribution in [0, 0.1) is 6.92 Å². The van der Waals surface area contributed by atoms with Crippen molar-refractivity contribution in [2.24, 2.45) is 12.8 Å². The molecule has 4 N–H and O–H groups in total. The lowest BCUT2D eigenvalue weighted by Gasteiger charge is -2.18. The number of anilines is 1. The Kier molecular flexibility index (Phi) is 4.04. The summed E-state index contributed by atoms with van der Waals surface area (Å²) in [5, 5.41) is 4.14. The molecule has 1 fully saturated rings. The Labute approximate surface area is 150 Å². The second-order valence-electron chi connectivity index (χ2n) is 6.62. The molecule has 0 amide bonds. The number of fused-ring (bicyclic) bond motifs is 2. The lowest BCUT2D eigenvalue weighted by molar-refractivity contribution is 0.418. The summed E-state index contributed by atoms with van der Waals surface area (Å²) in [6.45, 7) is 1.96. The minimum Gasteiger partial charge on any atom is -0.367 e. The van der Waals surface area contributed by atoms with Crippen molar-refractivity contribution in [3.63, 3.8) is 0 Å². The number of imidazole rings is 1. The van der Waals surface area contributed by atoms with E-state index in [9.17, 15) is 0 Å². The summed E-state index contributed by atoms with van der Waals surface area (Å²) in [4.78, 5) is 13.2. The second kappa shape index (κ2) is 6.38. The maximum absolute atomic E-state index is 5.60. The monoisotopic (exact) mass is 350 g/mol. The van der Waals surface area contributed by atoms with Gasteiger partial charge in [0.25, 0.3) is 0 Å². The van der Waals surface area contributed by atoms with E-state index >= 15 is 0 Å². The largest absolute Gasteiger partial charge is 0.367 e. The van der Waals surface area contributed by atoms with Crippen LogP contribution in [0.2, 0.25) is 0 Å². The number of nitrogens with two attached hydrogens (primary N) is 2.